The van der Waals surface area contributed by atoms with E-state index in [1.165, 1.54) is 12.1 Å². The second kappa shape index (κ2) is 11.8. The van der Waals surface area contributed by atoms with Crippen molar-refractivity contribution in [3.63, 3.8) is 0 Å². The Balaban J connectivity index is 1.35. The highest BCUT2D eigenvalue weighted by atomic mass is 19.1. The number of hydrogen-bond acceptors (Lipinski definition) is 6. The van der Waals surface area contributed by atoms with Crippen LogP contribution in [0.5, 0.6) is 5.75 Å². The molecule has 2 saturated heterocycles. The van der Waals surface area contributed by atoms with Crippen LogP contribution in [0.4, 0.5) is 4.39 Å². The number of ether oxygens (including phenoxy) is 3. The summed E-state index contributed by atoms with van der Waals surface area (Å²) in [7, 11) is 1.56. The lowest BCUT2D eigenvalue weighted by atomic mass is 9.92. The van der Waals surface area contributed by atoms with Gasteiger partial charge in [-0.2, -0.15) is 0 Å². The average molecular weight is 527 g/mol. The van der Waals surface area contributed by atoms with E-state index < -0.39 is 23.9 Å². The molecule has 0 spiro atoms. The van der Waals surface area contributed by atoms with Crippen molar-refractivity contribution < 1.29 is 33.3 Å². The zero-order valence-electron chi connectivity index (χ0n) is 21.7. The fourth-order valence-corrected chi connectivity index (χ4v) is 5.71. The van der Waals surface area contributed by atoms with Gasteiger partial charge in [-0.25, -0.2) is 4.39 Å². The quantitative estimate of drug-likeness (QED) is 0.489. The summed E-state index contributed by atoms with van der Waals surface area (Å²) < 4.78 is 31.5. The van der Waals surface area contributed by atoms with Crippen LogP contribution in [0.25, 0.3) is 0 Å². The van der Waals surface area contributed by atoms with Crippen LogP contribution in [0.1, 0.15) is 68.7 Å². The Morgan fingerprint density at radius 1 is 1.08 bits per heavy atom. The van der Waals surface area contributed by atoms with E-state index in [-0.39, 0.29) is 24.2 Å². The SMILES string of the molecule is COc1c(C(=O)N[C@H]2CCOC[C@@H]2O)cc(Cc2ccc(C(=O)NC[C@@H]3CCCO3)c(F)c2)c2c1CCC2. The molecule has 2 heterocycles. The molecule has 0 bridgehead atoms. The number of nitrogens with one attached hydrogen (secondary N) is 2. The lowest BCUT2D eigenvalue weighted by Gasteiger charge is -2.29. The van der Waals surface area contributed by atoms with Crippen molar-refractivity contribution in [2.24, 2.45) is 0 Å². The third-order valence-corrected chi connectivity index (χ3v) is 7.72. The molecular weight excluding hydrogens is 491 g/mol. The number of rotatable bonds is 8. The zero-order chi connectivity index (χ0) is 26.6. The Morgan fingerprint density at radius 2 is 1.92 bits per heavy atom. The first-order chi connectivity index (χ1) is 18.4. The van der Waals surface area contributed by atoms with Crippen LogP contribution in [-0.2, 0) is 28.7 Å². The van der Waals surface area contributed by atoms with E-state index in [1.54, 1.807) is 13.2 Å². The number of carbonyl (C=O) groups excluding carboxylic acids is 2. The maximum Gasteiger partial charge on any atom is 0.255 e. The Hall–Kier alpha value is -3.01. The second-order valence-corrected chi connectivity index (χ2v) is 10.3. The summed E-state index contributed by atoms with van der Waals surface area (Å²) in [4.78, 5) is 25.8. The zero-order valence-corrected chi connectivity index (χ0v) is 21.7. The van der Waals surface area contributed by atoms with Gasteiger partial charge in [0.25, 0.3) is 11.8 Å². The van der Waals surface area contributed by atoms with Gasteiger partial charge in [-0.15, -0.1) is 0 Å². The van der Waals surface area contributed by atoms with Gasteiger partial charge in [-0.3, -0.25) is 9.59 Å². The van der Waals surface area contributed by atoms with Crippen molar-refractivity contribution in [1.29, 1.82) is 0 Å². The predicted molar refractivity (Wildman–Crippen MR) is 138 cm³/mol. The molecule has 1 aliphatic carbocycles. The number of benzene rings is 2. The van der Waals surface area contributed by atoms with Gasteiger partial charge < -0.3 is 30.0 Å². The van der Waals surface area contributed by atoms with Crippen molar-refractivity contribution in [3.8, 4) is 5.75 Å². The molecule has 3 atom stereocenters. The van der Waals surface area contributed by atoms with E-state index >= 15 is 0 Å². The minimum Gasteiger partial charge on any atom is -0.496 e. The van der Waals surface area contributed by atoms with Crippen molar-refractivity contribution in [2.45, 2.75) is 63.2 Å². The second-order valence-electron chi connectivity index (χ2n) is 10.3. The van der Waals surface area contributed by atoms with Crippen molar-refractivity contribution >= 4 is 11.8 Å². The number of amides is 2. The average Bonchev–Trinajstić information content (AvgIpc) is 3.61. The Bertz CT molecular complexity index is 1200. The van der Waals surface area contributed by atoms with Gasteiger partial charge >= 0.3 is 0 Å². The van der Waals surface area contributed by atoms with Crippen molar-refractivity contribution in [3.05, 3.63) is 63.5 Å². The van der Waals surface area contributed by atoms with E-state index in [2.05, 4.69) is 10.6 Å². The Labute approximate surface area is 221 Å². The van der Waals surface area contributed by atoms with Gasteiger partial charge in [0, 0.05) is 19.8 Å². The summed E-state index contributed by atoms with van der Waals surface area (Å²) in [5.74, 6) is -0.786. The van der Waals surface area contributed by atoms with Crippen LogP contribution >= 0.6 is 0 Å². The highest BCUT2D eigenvalue weighted by Crippen LogP contribution is 2.37. The lowest BCUT2D eigenvalue weighted by Crippen LogP contribution is -2.48. The van der Waals surface area contributed by atoms with E-state index in [0.29, 0.717) is 49.5 Å². The van der Waals surface area contributed by atoms with Crippen molar-refractivity contribution in [1.82, 2.24) is 10.6 Å². The van der Waals surface area contributed by atoms with E-state index in [1.807, 2.05) is 6.07 Å². The number of hydrogen-bond donors (Lipinski definition) is 3. The van der Waals surface area contributed by atoms with Crippen LogP contribution in [-0.4, -0.2) is 68.6 Å². The minimum atomic E-state index is -0.767. The van der Waals surface area contributed by atoms with Crippen LogP contribution in [0.3, 0.4) is 0 Å². The third kappa shape index (κ3) is 5.70. The largest absolute Gasteiger partial charge is 0.496 e. The maximum atomic E-state index is 15.0. The molecule has 204 valence electrons. The number of fused-ring (bicyclic) bond motifs is 1. The summed E-state index contributed by atoms with van der Waals surface area (Å²) >= 11 is 0. The summed E-state index contributed by atoms with van der Waals surface area (Å²) in [5, 5.41) is 15.9. The molecule has 5 rings (SSSR count). The molecule has 0 saturated carbocycles. The van der Waals surface area contributed by atoms with Crippen LogP contribution in [0.15, 0.2) is 24.3 Å². The van der Waals surface area contributed by atoms with Crippen LogP contribution in [0.2, 0.25) is 0 Å². The van der Waals surface area contributed by atoms with E-state index in [9.17, 15) is 19.1 Å². The number of methoxy groups -OCH3 is 1. The first-order valence-corrected chi connectivity index (χ1v) is 13.4. The molecule has 0 unspecified atom stereocenters. The molecule has 2 aromatic rings. The molecule has 2 amide bonds. The molecule has 3 N–H and O–H groups in total. The third-order valence-electron chi connectivity index (χ3n) is 7.72. The molecule has 3 aliphatic rings. The topological polar surface area (TPSA) is 106 Å². The van der Waals surface area contributed by atoms with Gasteiger partial charge in [0.1, 0.15) is 11.6 Å². The first kappa shape index (κ1) is 26.6. The van der Waals surface area contributed by atoms with Crippen LogP contribution in [0, 0.1) is 5.82 Å². The molecule has 0 radical (unpaired) electrons. The fraction of sp³-hybridized carbons (Fsp3) is 0.517. The molecule has 2 aliphatic heterocycles. The Kier molecular flexibility index (Phi) is 8.26. The number of aliphatic hydroxyl groups is 1. The summed E-state index contributed by atoms with van der Waals surface area (Å²) in [6, 6.07) is 6.09. The van der Waals surface area contributed by atoms with Crippen LogP contribution < -0.4 is 15.4 Å². The Morgan fingerprint density at radius 3 is 2.66 bits per heavy atom. The summed E-state index contributed by atoms with van der Waals surface area (Å²) in [6.45, 7) is 1.72. The standard InChI is InChI=1S/C29H35FN2O6/c1-36-27-21-6-2-5-20(21)18(14-23(27)29(35)32-25-9-11-37-16-26(25)33)12-17-7-8-22(24(30)13-17)28(34)31-15-19-4-3-10-38-19/h7-8,13-14,19,25-26,33H,2-6,9-12,15-16H2,1H3,(H,31,34)(H,32,35)/t19-,25-,26-/m0/s1. The molecule has 38 heavy (non-hydrogen) atoms. The minimum absolute atomic E-state index is 0.00166. The van der Waals surface area contributed by atoms with Gasteiger partial charge in [0.15, 0.2) is 0 Å². The summed E-state index contributed by atoms with van der Waals surface area (Å²) in [6.07, 6.45) is 4.63. The van der Waals surface area contributed by atoms with E-state index in [0.717, 1.165) is 48.8 Å². The lowest BCUT2D eigenvalue weighted by molar-refractivity contribution is -0.0261. The van der Waals surface area contributed by atoms with Gasteiger partial charge in [0.2, 0.25) is 0 Å². The normalized spacial score (nSPS) is 22.7. The number of aliphatic hydroxyl groups excluding tert-OH is 1. The fourth-order valence-electron chi connectivity index (χ4n) is 5.71. The molecular formula is C29H35FN2O6. The molecule has 9 heteroatoms. The number of carbonyl (C=O) groups is 2. The number of halogens is 1. The van der Waals surface area contributed by atoms with Gasteiger partial charge in [0.05, 0.1) is 43.1 Å². The molecule has 0 aromatic heterocycles. The van der Waals surface area contributed by atoms with Gasteiger partial charge in [-0.1, -0.05) is 6.07 Å². The first-order valence-electron chi connectivity index (χ1n) is 13.4. The monoisotopic (exact) mass is 526 g/mol. The highest BCUT2D eigenvalue weighted by Gasteiger charge is 2.30. The maximum absolute atomic E-state index is 15.0. The molecule has 2 aromatic carbocycles. The predicted octanol–water partition coefficient (Wildman–Crippen LogP) is 2.70. The van der Waals surface area contributed by atoms with E-state index in [4.69, 9.17) is 14.2 Å². The highest BCUT2D eigenvalue weighted by molar-refractivity contribution is 5.98. The van der Waals surface area contributed by atoms with Crippen molar-refractivity contribution in [2.75, 3.05) is 33.5 Å². The summed E-state index contributed by atoms with van der Waals surface area (Å²) in [5.41, 5.74) is 4.19. The smallest absolute Gasteiger partial charge is 0.255 e. The molecule has 8 nitrogen and oxygen atoms in total. The van der Waals surface area contributed by atoms with Gasteiger partial charge in [-0.05, 0) is 85.4 Å². The molecule has 2 fully saturated rings.